The number of rotatable bonds is 6. The number of hydrogen-bond donors (Lipinski definition) is 1. The van der Waals surface area contributed by atoms with Crippen molar-refractivity contribution in [2.24, 2.45) is 0 Å². The second kappa shape index (κ2) is 7.17. The zero-order valence-corrected chi connectivity index (χ0v) is 13.4. The summed E-state index contributed by atoms with van der Waals surface area (Å²) in [5.74, 6) is -0.0878. The minimum absolute atomic E-state index is 0.0878. The molecule has 1 heterocycles. The van der Waals surface area contributed by atoms with Crippen LogP contribution in [0.15, 0.2) is 30.3 Å². The maximum Gasteiger partial charge on any atom is 0.265 e. The van der Waals surface area contributed by atoms with Gasteiger partial charge in [-0.2, -0.15) is 0 Å². The Labute approximate surface area is 129 Å². The second-order valence-electron chi connectivity index (χ2n) is 4.91. The molecule has 6 heteroatoms. The Morgan fingerprint density at radius 2 is 2.10 bits per heavy atom. The van der Waals surface area contributed by atoms with E-state index >= 15 is 0 Å². The molecule has 2 aromatic rings. The Kier molecular flexibility index (Phi) is 5.27. The van der Waals surface area contributed by atoms with Gasteiger partial charge in [-0.05, 0) is 37.0 Å². The maximum atomic E-state index is 12.1. The molecule has 112 valence electrons. The van der Waals surface area contributed by atoms with Crippen molar-refractivity contribution in [1.82, 2.24) is 14.9 Å². The fraction of sp³-hybridized carbons (Fsp3) is 0.400. The summed E-state index contributed by atoms with van der Waals surface area (Å²) in [5, 5.41) is 6.92. The normalized spacial score (nSPS) is 12.0. The number of aromatic nitrogens is 2. The Morgan fingerprint density at radius 1 is 1.38 bits per heavy atom. The van der Waals surface area contributed by atoms with Crippen molar-refractivity contribution in [3.8, 4) is 0 Å². The van der Waals surface area contributed by atoms with E-state index in [1.54, 1.807) is 0 Å². The van der Waals surface area contributed by atoms with Gasteiger partial charge < -0.3 is 10.2 Å². The molecule has 0 bridgehead atoms. The lowest BCUT2D eigenvalue weighted by molar-refractivity contribution is 0.0954. The highest BCUT2D eigenvalue weighted by Gasteiger charge is 2.16. The molecule has 5 nitrogen and oxygen atoms in total. The predicted octanol–water partition coefficient (Wildman–Crippen LogP) is 2.36. The van der Waals surface area contributed by atoms with Gasteiger partial charge in [0.25, 0.3) is 5.91 Å². The average molecular weight is 304 g/mol. The van der Waals surface area contributed by atoms with Crippen molar-refractivity contribution < 1.29 is 4.79 Å². The SMILES string of the molecule is CCc1nnsc1C(=O)NCC(C)N(C)c1ccccc1. The molecule has 21 heavy (non-hydrogen) atoms. The minimum Gasteiger partial charge on any atom is -0.370 e. The van der Waals surface area contributed by atoms with Crippen LogP contribution in [0.25, 0.3) is 0 Å². The van der Waals surface area contributed by atoms with Gasteiger partial charge in [0, 0.05) is 25.3 Å². The summed E-state index contributed by atoms with van der Waals surface area (Å²) in [5.41, 5.74) is 1.90. The Bertz CT molecular complexity index is 584. The number of aryl methyl sites for hydroxylation is 1. The van der Waals surface area contributed by atoms with E-state index in [1.807, 2.05) is 32.2 Å². The van der Waals surface area contributed by atoms with E-state index in [0.29, 0.717) is 11.4 Å². The Morgan fingerprint density at radius 3 is 2.76 bits per heavy atom. The molecule has 1 atom stereocenters. The molecule has 1 aromatic carbocycles. The van der Waals surface area contributed by atoms with Crippen molar-refractivity contribution in [1.29, 1.82) is 0 Å². The first-order valence-corrected chi connectivity index (χ1v) is 7.78. The number of carbonyl (C=O) groups excluding carboxylic acids is 1. The van der Waals surface area contributed by atoms with E-state index in [1.165, 1.54) is 0 Å². The van der Waals surface area contributed by atoms with Crippen LogP contribution in [0.2, 0.25) is 0 Å². The molecule has 0 aliphatic rings. The van der Waals surface area contributed by atoms with Crippen LogP contribution in [0.3, 0.4) is 0 Å². The lowest BCUT2D eigenvalue weighted by Crippen LogP contribution is -2.40. The fourth-order valence-corrected chi connectivity index (χ4v) is 2.65. The van der Waals surface area contributed by atoms with Crippen molar-refractivity contribution in [3.63, 3.8) is 0 Å². The first kappa shape index (κ1) is 15.4. The highest BCUT2D eigenvalue weighted by molar-refractivity contribution is 7.08. The van der Waals surface area contributed by atoms with Gasteiger partial charge in [-0.15, -0.1) is 5.10 Å². The number of benzene rings is 1. The predicted molar refractivity (Wildman–Crippen MR) is 85.9 cm³/mol. The molecule has 0 fully saturated rings. The van der Waals surface area contributed by atoms with E-state index < -0.39 is 0 Å². The summed E-state index contributed by atoms with van der Waals surface area (Å²) in [6.07, 6.45) is 0.721. The molecule has 1 amide bonds. The van der Waals surface area contributed by atoms with Gasteiger partial charge in [0.1, 0.15) is 4.88 Å². The van der Waals surface area contributed by atoms with Crippen LogP contribution in [-0.4, -0.2) is 35.1 Å². The van der Waals surface area contributed by atoms with E-state index in [-0.39, 0.29) is 11.9 Å². The molecule has 0 saturated heterocycles. The van der Waals surface area contributed by atoms with Crippen LogP contribution < -0.4 is 10.2 Å². The lowest BCUT2D eigenvalue weighted by Gasteiger charge is -2.27. The third kappa shape index (κ3) is 3.78. The summed E-state index contributed by atoms with van der Waals surface area (Å²) in [7, 11) is 2.03. The van der Waals surface area contributed by atoms with Gasteiger partial charge >= 0.3 is 0 Å². The number of nitrogens with zero attached hydrogens (tertiary/aromatic N) is 3. The van der Waals surface area contributed by atoms with Crippen LogP contribution in [0.5, 0.6) is 0 Å². The van der Waals surface area contributed by atoms with Crippen LogP contribution in [0.1, 0.15) is 29.2 Å². The fourth-order valence-electron chi connectivity index (χ4n) is 1.99. The van der Waals surface area contributed by atoms with Gasteiger partial charge in [-0.1, -0.05) is 29.6 Å². The van der Waals surface area contributed by atoms with Crippen LogP contribution in [0.4, 0.5) is 5.69 Å². The van der Waals surface area contributed by atoms with E-state index in [2.05, 4.69) is 38.9 Å². The lowest BCUT2D eigenvalue weighted by atomic mass is 10.2. The molecule has 0 saturated carbocycles. The highest BCUT2D eigenvalue weighted by atomic mass is 32.1. The zero-order chi connectivity index (χ0) is 15.2. The monoisotopic (exact) mass is 304 g/mol. The summed E-state index contributed by atoms with van der Waals surface area (Å²) < 4.78 is 3.84. The molecule has 2 rings (SSSR count). The number of para-hydroxylation sites is 1. The number of nitrogens with one attached hydrogen (secondary N) is 1. The van der Waals surface area contributed by atoms with Crippen molar-refractivity contribution in [2.75, 3.05) is 18.5 Å². The molecule has 0 aliphatic carbocycles. The van der Waals surface area contributed by atoms with Crippen LogP contribution >= 0.6 is 11.5 Å². The Balaban J connectivity index is 1.92. The van der Waals surface area contributed by atoms with Gasteiger partial charge in [0.15, 0.2) is 0 Å². The largest absolute Gasteiger partial charge is 0.370 e. The first-order valence-electron chi connectivity index (χ1n) is 7.00. The van der Waals surface area contributed by atoms with Gasteiger partial charge in [0.05, 0.1) is 5.69 Å². The molecule has 1 aromatic heterocycles. The van der Waals surface area contributed by atoms with E-state index in [9.17, 15) is 4.79 Å². The number of amides is 1. The van der Waals surface area contributed by atoms with E-state index in [0.717, 1.165) is 29.3 Å². The standard InChI is InChI=1S/C15H20N4OS/c1-4-13-14(21-18-17-13)15(20)16-10-11(2)19(3)12-8-6-5-7-9-12/h5-9,11H,4,10H2,1-3H3,(H,16,20). The molecular formula is C15H20N4OS. The summed E-state index contributed by atoms with van der Waals surface area (Å²) >= 11 is 1.15. The third-order valence-corrected chi connectivity index (χ3v) is 4.25. The molecule has 1 unspecified atom stereocenters. The number of anilines is 1. The summed E-state index contributed by atoms with van der Waals surface area (Å²) in [4.78, 5) is 14.9. The van der Waals surface area contributed by atoms with Crippen LogP contribution in [-0.2, 0) is 6.42 Å². The number of likely N-dealkylation sites (N-methyl/N-ethyl adjacent to an activating group) is 1. The molecular weight excluding hydrogens is 284 g/mol. The highest BCUT2D eigenvalue weighted by Crippen LogP contribution is 2.14. The topological polar surface area (TPSA) is 58.1 Å². The van der Waals surface area contributed by atoms with Gasteiger partial charge in [-0.25, -0.2) is 0 Å². The maximum absolute atomic E-state index is 12.1. The van der Waals surface area contributed by atoms with E-state index in [4.69, 9.17) is 0 Å². The first-order chi connectivity index (χ1) is 10.1. The summed E-state index contributed by atoms with van der Waals surface area (Å²) in [6.45, 7) is 4.63. The van der Waals surface area contributed by atoms with Gasteiger partial charge in [-0.3, -0.25) is 4.79 Å². The average Bonchev–Trinajstić information content (AvgIpc) is 3.01. The smallest absolute Gasteiger partial charge is 0.265 e. The van der Waals surface area contributed by atoms with Crippen molar-refractivity contribution in [2.45, 2.75) is 26.3 Å². The quantitative estimate of drug-likeness (QED) is 0.890. The van der Waals surface area contributed by atoms with Gasteiger partial charge in [0.2, 0.25) is 0 Å². The molecule has 0 spiro atoms. The molecule has 0 aliphatic heterocycles. The van der Waals surface area contributed by atoms with Crippen LogP contribution in [0, 0.1) is 0 Å². The number of carbonyl (C=O) groups is 1. The van der Waals surface area contributed by atoms with Crippen molar-refractivity contribution >= 4 is 23.1 Å². The zero-order valence-electron chi connectivity index (χ0n) is 12.5. The summed E-state index contributed by atoms with van der Waals surface area (Å²) in [6, 6.07) is 10.3. The van der Waals surface area contributed by atoms with Crippen molar-refractivity contribution in [3.05, 3.63) is 40.9 Å². The molecule has 1 N–H and O–H groups in total. The molecule has 0 radical (unpaired) electrons. The Hall–Kier alpha value is -1.95. The number of hydrogen-bond acceptors (Lipinski definition) is 5. The second-order valence-corrected chi connectivity index (χ2v) is 5.66. The third-order valence-electron chi connectivity index (χ3n) is 3.48. The minimum atomic E-state index is -0.0878.